The molecule has 0 radical (unpaired) electrons. The molecule has 0 N–H and O–H groups in total. The zero-order valence-corrected chi connectivity index (χ0v) is 21.4. The van der Waals surface area contributed by atoms with Gasteiger partial charge in [0.15, 0.2) is 0 Å². The molecular weight excluding hydrogens is 487 g/mol. The van der Waals surface area contributed by atoms with Crippen molar-refractivity contribution in [2.24, 2.45) is 0 Å². The minimum atomic E-state index is -0.228. The van der Waals surface area contributed by atoms with E-state index < -0.39 is 0 Å². The number of likely N-dealkylation sites (tertiary alicyclic amines) is 1. The van der Waals surface area contributed by atoms with Gasteiger partial charge in [-0.2, -0.15) is 0 Å². The van der Waals surface area contributed by atoms with E-state index in [0.29, 0.717) is 31.9 Å². The quantitative estimate of drug-likeness (QED) is 0.492. The minimum absolute atomic E-state index is 0.0206. The Balaban J connectivity index is 1.09. The highest BCUT2D eigenvalue weighted by molar-refractivity contribution is 7.09. The maximum atomic E-state index is 13.1. The molecule has 0 saturated carbocycles. The molecule has 6 nitrogen and oxygen atoms in total. The monoisotopic (exact) mass is 516 g/mol. The molecule has 2 saturated heterocycles. The third-order valence-electron chi connectivity index (χ3n) is 6.94. The molecule has 37 heavy (non-hydrogen) atoms. The summed E-state index contributed by atoms with van der Waals surface area (Å²) in [5.74, 6) is 5.55. The van der Waals surface area contributed by atoms with E-state index in [0.717, 1.165) is 48.6 Å². The maximum Gasteiger partial charge on any atom is 0.298 e. The van der Waals surface area contributed by atoms with Gasteiger partial charge in [0, 0.05) is 68.6 Å². The summed E-state index contributed by atoms with van der Waals surface area (Å²) in [6.45, 7) is 4.90. The second-order valence-corrected chi connectivity index (χ2v) is 10.3. The van der Waals surface area contributed by atoms with E-state index in [4.69, 9.17) is 4.98 Å². The summed E-state index contributed by atoms with van der Waals surface area (Å²) >= 11 is 1.54. The van der Waals surface area contributed by atoms with E-state index in [-0.39, 0.29) is 23.5 Å². The largest absolute Gasteiger partial charge is 0.335 e. The zero-order chi connectivity index (χ0) is 25.6. The summed E-state index contributed by atoms with van der Waals surface area (Å²) in [7, 11) is 0. The first-order valence-electron chi connectivity index (χ1n) is 12.6. The van der Waals surface area contributed by atoms with E-state index in [2.05, 4.69) is 16.7 Å². The predicted octanol–water partition coefficient (Wildman–Crippen LogP) is 4.00. The zero-order valence-electron chi connectivity index (χ0n) is 20.6. The van der Waals surface area contributed by atoms with Crippen molar-refractivity contribution >= 4 is 23.2 Å². The lowest BCUT2D eigenvalue weighted by Gasteiger charge is -2.34. The van der Waals surface area contributed by atoms with Gasteiger partial charge in [0.25, 0.3) is 11.8 Å². The third kappa shape index (κ3) is 6.43. The van der Waals surface area contributed by atoms with Crippen LogP contribution in [0.4, 0.5) is 4.39 Å². The fourth-order valence-corrected chi connectivity index (χ4v) is 5.71. The Morgan fingerprint density at radius 1 is 0.919 bits per heavy atom. The molecule has 2 fully saturated rings. The van der Waals surface area contributed by atoms with E-state index in [1.165, 1.54) is 23.5 Å². The molecule has 8 heteroatoms. The van der Waals surface area contributed by atoms with Gasteiger partial charge in [-0.05, 0) is 42.7 Å². The first-order chi connectivity index (χ1) is 18.0. The van der Waals surface area contributed by atoms with Crippen molar-refractivity contribution in [3.63, 3.8) is 0 Å². The SMILES string of the molecule is O=C(C#Cc1ccccc1)N1CCC(c2nc(C(=O)N3CCN(Cc4ccc(F)cc4)CC3)cs2)CC1. The second-order valence-electron chi connectivity index (χ2n) is 9.45. The van der Waals surface area contributed by atoms with Crippen LogP contribution in [0, 0.1) is 17.7 Å². The van der Waals surface area contributed by atoms with Gasteiger partial charge in [-0.25, -0.2) is 9.37 Å². The summed E-state index contributed by atoms with van der Waals surface area (Å²) < 4.78 is 13.1. The number of aromatic nitrogens is 1. The maximum absolute atomic E-state index is 13.1. The fraction of sp³-hybridized carbons (Fsp3) is 0.345. The molecule has 190 valence electrons. The number of nitrogens with zero attached hydrogens (tertiary/aromatic N) is 4. The van der Waals surface area contributed by atoms with Gasteiger partial charge in [0.1, 0.15) is 11.5 Å². The number of carbonyl (C=O) groups excluding carboxylic acids is 2. The van der Waals surface area contributed by atoms with Gasteiger partial charge >= 0.3 is 0 Å². The topological polar surface area (TPSA) is 56.8 Å². The standard InChI is InChI=1S/C29H29FN4O2S/c30-25-9-6-23(7-10-25)20-32-16-18-34(19-17-32)29(36)26-21-37-28(31-26)24-12-14-33(15-13-24)27(35)11-8-22-4-2-1-3-5-22/h1-7,9-10,21,24H,12-20H2. The van der Waals surface area contributed by atoms with Crippen LogP contribution in [-0.4, -0.2) is 70.8 Å². The average molecular weight is 517 g/mol. The van der Waals surface area contributed by atoms with Crippen molar-refractivity contribution in [3.05, 3.63) is 87.6 Å². The molecule has 5 rings (SSSR count). The lowest BCUT2D eigenvalue weighted by atomic mass is 9.97. The van der Waals surface area contributed by atoms with E-state index in [9.17, 15) is 14.0 Å². The second kappa shape index (κ2) is 11.7. The van der Waals surface area contributed by atoms with Crippen LogP contribution in [0.5, 0.6) is 0 Å². The smallest absolute Gasteiger partial charge is 0.298 e. The highest BCUT2D eigenvalue weighted by Gasteiger charge is 2.28. The lowest BCUT2D eigenvalue weighted by Crippen LogP contribution is -2.48. The van der Waals surface area contributed by atoms with Crippen LogP contribution in [0.15, 0.2) is 60.0 Å². The van der Waals surface area contributed by atoms with Crippen molar-refractivity contribution < 1.29 is 14.0 Å². The minimum Gasteiger partial charge on any atom is -0.335 e. The van der Waals surface area contributed by atoms with Gasteiger partial charge in [0.2, 0.25) is 0 Å². The van der Waals surface area contributed by atoms with Crippen LogP contribution in [0.25, 0.3) is 0 Å². The molecule has 0 aliphatic carbocycles. The molecule has 0 atom stereocenters. The van der Waals surface area contributed by atoms with E-state index >= 15 is 0 Å². The normalized spacial score (nSPS) is 16.8. The Hall–Kier alpha value is -3.54. The molecular formula is C29H29FN4O2S. The molecule has 0 spiro atoms. The Labute approximate surface area is 220 Å². The molecule has 1 aromatic heterocycles. The summed E-state index contributed by atoms with van der Waals surface area (Å²) in [6.07, 6.45) is 1.64. The number of thiazole rings is 1. The highest BCUT2D eigenvalue weighted by atomic mass is 32.1. The average Bonchev–Trinajstić information content (AvgIpc) is 3.44. The van der Waals surface area contributed by atoms with Crippen molar-refractivity contribution in [1.82, 2.24) is 19.7 Å². The van der Waals surface area contributed by atoms with Crippen molar-refractivity contribution in [2.45, 2.75) is 25.3 Å². The molecule has 2 aliphatic heterocycles. The molecule has 3 aromatic rings. The van der Waals surface area contributed by atoms with Gasteiger partial charge in [-0.15, -0.1) is 11.3 Å². The van der Waals surface area contributed by atoms with Gasteiger partial charge in [0.05, 0.1) is 5.01 Å². The summed E-state index contributed by atoms with van der Waals surface area (Å²) in [6, 6.07) is 16.1. The van der Waals surface area contributed by atoms with Gasteiger partial charge in [-0.1, -0.05) is 36.3 Å². The Kier molecular flexibility index (Phi) is 7.93. The number of benzene rings is 2. The molecule has 0 unspecified atom stereocenters. The number of piperidine rings is 1. The lowest BCUT2D eigenvalue weighted by molar-refractivity contribution is -0.126. The Morgan fingerprint density at radius 2 is 1.62 bits per heavy atom. The van der Waals surface area contributed by atoms with Crippen LogP contribution < -0.4 is 0 Å². The molecule has 2 aliphatic rings. The Bertz CT molecular complexity index is 1280. The number of halogens is 1. The number of rotatable bonds is 4. The molecule has 3 heterocycles. The van der Waals surface area contributed by atoms with Crippen LogP contribution in [0.1, 0.15) is 45.4 Å². The number of hydrogen-bond donors (Lipinski definition) is 0. The molecule has 0 bridgehead atoms. The molecule has 2 aromatic carbocycles. The first-order valence-corrected chi connectivity index (χ1v) is 13.5. The van der Waals surface area contributed by atoms with E-state index in [1.54, 1.807) is 4.90 Å². The Morgan fingerprint density at radius 3 is 2.32 bits per heavy atom. The number of piperazine rings is 1. The molecule has 2 amide bonds. The predicted molar refractivity (Wildman–Crippen MR) is 142 cm³/mol. The van der Waals surface area contributed by atoms with Crippen molar-refractivity contribution in [3.8, 4) is 11.8 Å². The summed E-state index contributed by atoms with van der Waals surface area (Å²) in [5.41, 5.74) is 2.42. The number of hydrogen-bond acceptors (Lipinski definition) is 5. The van der Waals surface area contributed by atoms with Crippen LogP contribution in [0.2, 0.25) is 0 Å². The van der Waals surface area contributed by atoms with Crippen LogP contribution >= 0.6 is 11.3 Å². The first kappa shape index (κ1) is 25.1. The van der Waals surface area contributed by atoms with Crippen LogP contribution in [-0.2, 0) is 11.3 Å². The van der Waals surface area contributed by atoms with Crippen molar-refractivity contribution in [2.75, 3.05) is 39.3 Å². The van der Waals surface area contributed by atoms with Gasteiger partial charge in [-0.3, -0.25) is 14.5 Å². The highest BCUT2D eigenvalue weighted by Crippen LogP contribution is 2.30. The van der Waals surface area contributed by atoms with Crippen LogP contribution in [0.3, 0.4) is 0 Å². The van der Waals surface area contributed by atoms with E-state index in [1.807, 2.05) is 52.7 Å². The number of amides is 2. The summed E-state index contributed by atoms with van der Waals surface area (Å²) in [4.78, 5) is 36.2. The summed E-state index contributed by atoms with van der Waals surface area (Å²) in [5, 5.41) is 2.84. The van der Waals surface area contributed by atoms with Crippen molar-refractivity contribution in [1.29, 1.82) is 0 Å². The van der Waals surface area contributed by atoms with Gasteiger partial charge < -0.3 is 9.80 Å². The third-order valence-corrected chi connectivity index (χ3v) is 7.95. The fourth-order valence-electron chi connectivity index (χ4n) is 4.75. The number of carbonyl (C=O) groups is 2.